The highest BCUT2D eigenvalue weighted by atomic mass is 16.5. The first kappa shape index (κ1) is 21.5. The Labute approximate surface area is 185 Å². The van der Waals surface area contributed by atoms with E-state index >= 15 is 0 Å². The molecule has 1 aliphatic heterocycles. The van der Waals surface area contributed by atoms with Crippen LogP contribution in [0.1, 0.15) is 47.2 Å². The summed E-state index contributed by atoms with van der Waals surface area (Å²) >= 11 is 0. The van der Waals surface area contributed by atoms with Crippen molar-refractivity contribution in [1.29, 1.82) is 5.26 Å². The van der Waals surface area contributed by atoms with Crippen molar-refractivity contribution in [2.24, 2.45) is 0 Å². The Morgan fingerprint density at radius 3 is 2.88 bits per heavy atom. The van der Waals surface area contributed by atoms with Gasteiger partial charge in [-0.2, -0.15) is 5.26 Å². The maximum absolute atomic E-state index is 12.9. The summed E-state index contributed by atoms with van der Waals surface area (Å²) in [5.74, 6) is 0.187. The number of aryl methyl sites for hydroxylation is 1. The second kappa shape index (κ2) is 9.62. The van der Waals surface area contributed by atoms with Gasteiger partial charge in [0.1, 0.15) is 0 Å². The molecule has 2 N–H and O–H groups in total. The maximum Gasteiger partial charge on any atom is 0.280 e. The van der Waals surface area contributed by atoms with Crippen LogP contribution in [0.5, 0.6) is 0 Å². The van der Waals surface area contributed by atoms with Crippen LogP contribution in [0.3, 0.4) is 0 Å². The Balaban J connectivity index is 1.43. The Hall–Kier alpha value is -3.70. The van der Waals surface area contributed by atoms with Gasteiger partial charge < -0.3 is 10.1 Å². The third-order valence-electron chi connectivity index (χ3n) is 5.68. The smallest absolute Gasteiger partial charge is 0.280 e. The van der Waals surface area contributed by atoms with Gasteiger partial charge in [-0.3, -0.25) is 14.7 Å². The quantitative estimate of drug-likeness (QED) is 0.623. The molecule has 1 fully saturated rings. The van der Waals surface area contributed by atoms with Gasteiger partial charge in [0.2, 0.25) is 0 Å². The predicted molar refractivity (Wildman–Crippen MR) is 120 cm³/mol. The molecule has 1 atom stereocenters. The van der Waals surface area contributed by atoms with Crippen molar-refractivity contribution in [3.63, 3.8) is 0 Å². The summed E-state index contributed by atoms with van der Waals surface area (Å²) in [7, 11) is 0. The minimum Gasteiger partial charge on any atom is -0.378 e. The summed E-state index contributed by atoms with van der Waals surface area (Å²) in [5.41, 5.74) is 2.80. The van der Waals surface area contributed by atoms with E-state index in [0.29, 0.717) is 29.1 Å². The molecule has 0 radical (unpaired) electrons. The van der Waals surface area contributed by atoms with Crippen molar-refractivity contribution in [3.05, 3.63) is 69.8 Å². The first-order valence-corrected chi connectivity index (χ1v) is 10.7. The fourth-order valence-electron chi connectivity index (χ4n) is 3.90. The number of nitrogens with zero attached hydrogens (tertiary/aromatic N) is 3. The van der Waals surface area contributed by atoms with Crippen LogP contribution < -0.4 is 10.9 Å². The second-order valence-corrected chi connectivity index (χ2v) is 7.91. The lowest BCUT2D eigenvalue weighted by Gasteiger charge is -2.22. The molecule has 8 nitrogen and oxygen atoms in total. The van der Waals surface area contributed by atoms with Gasteiger partial charge in [0.05, 0.1) is 28.9 Å². The molecule has 1 amide bonds. The predicted octanol–water partition coefficient (Wildman–Crippen LogP) is 3.10. The molecule has 0 spiro atoms. The van der Waals surface area contributed by atoms with Crippen molar-refractivity contribution in [1.82, 2.24) is 20.1 Å². The van der Waals surface area contributed by atoms with Crippen LogP contribution in [-0.2, 0) is 4.74 Å². The third kappa shape index (κ3) is 4.63. The molecule has 8 heteroatoms. The zero-order chi connectivity index (χ0) is 22.5. The number of aromatic nitrogens is 3. The lowest BCUT2D eigenvalue weighted by Crippen LogP contribution is -2.29. The summed E-state index contributed by atoms with van der Waals surface area (Å²) in [6.07, 6.45) is 7.42. The molecule has 3 aromatic rings. The summed E-state index contributed by atoms with van der Waals surface area (Å²) in [6, 6.07) is 10.6. The van der Waals surface area contributed by atoms with E-state index in [0.717, 1.165) is 37.0 Å². The molecule has 1 saturated heterocycles. The van der Waals surface area contributed by atoms with E-state index < -0.39 is 0 Å². The number of benzene rings is 1. The minimum atomic E-state index is -0.255. The number of ether oxygens (including phenoxy) is 1. The van der Waals surface area contributed by atoms with Crippen molar-refractivity contribution in [3.8, 4) is 23.0 Å². The molecule has 4 rings (SSSR count). The molecule has 1 aliphatic rings. The Morgan fingerprint density at radius 2 is 2.19 bits per heavy atom. The summed E-state index contributed by atoms with van der Waals surface area (Å²) in [5, 5.41) is 14.9. The molecule has 164 valence electrons. The molecule has 2 aromatic heterocycles. The average Bonchev–Trinajstić information content (AvgIpc) is 3.20. The number of aromatic amines is 1. The van der Waals surface area contributed by atoms with E-state index in [2.05, 4.69) is 21.5 Å². The second-order valence-electron chi connectivity index (χ2n) is 7.91. The molecular weight excluding hydrogens is 406 g/mol. The van der Waals surface area contributed by atoms with Gasteiger partial charge in [-0.05, 0) is 68.0 Å². The molecule has 0 bridgehead atoms. The molecule has 0 saturated carbocycles. The number of amides is 1. The SMILES string of the molecule is Cc1cc(C#N)ccc1-c1c[nH]n(-c2ccc(C(=O)NCCC3CCCCO3)cn2)c1=O. The number of nitrogens with one attached hydrogen (secondary N) is 2. The van der Waals surface area contributed by atoms with Gasteiger partial charge >= 0.3 is 0 Å². The van der Waals surface area contributed by atoms with Crippen molar-refractivity contribution >= 4 is 5.91 Å². The van der Waals surface area contributed by atoms with Crippen molar-refractivity contribution in [2.75, 3.05) is 13.2 Å². The van der Waals surface area contributed by atoms with Crippen LogP contribution in [-0.4, -0.2) is 39.9 Å². The lowest BCUT2D eigenvalue weighted by atomic mass is 10.0. The number of carbonyl (C=O) groups excluding carboxylic acids is 1. The first-order valence-electron chi connectivity index (χ1n) is 10.7. The van der Waals surface area contributed by atoms with Crippen LogP contribution in [0.4, 0.5) is 0 Å². The van der Waals surface area contributed by atoms with Gasteiger partial charge in [0, 0.05) is 25.5 Å². The highest BCUT2D eigenvalue weighted by Crippen LogP contribution is 2.21. The van der Waals surface area contributed by atoms with Gasteiger partial charge in [0.15, 0.2) is 5.82 Å². The van der Waals surface area contributed by atoms with Crippen molar-refractivity contribution < 1.29 is 9.53 Å². The van der Waals surface area contributed by atoms with Crippen molar-refractivity contribution in [2.45, 2.75) is 38.7 Å². The van der Waals surface area contributed by atoms with Crippen LogP contribution in [0.15, 0.2) is 47.5 Å². The van der Waals surface area contributed by atoms with Gasteiger partial charge in [-0.1, -0.05) is 6.07 Å². The number of hydrogen-bond acceptors (Lipinski definition) is 5. The number of carbonyl (C=O) groups is 1. The third-order valence-corrected chi connectivity index (χ3v) is 5.68. The van der Waals surface area contributed by atoms with E-state index in [4.69, 9.17) is 10.00 Å². The van der Waals surface area contributed by atoms with E-state index in [1.165, 1.54) is 17.3 Å². The molecule has 0 aliphatic carbocycles. The summed E-state index contributed by atoms with van der Waals surface area (Å²) in [6.45, 7) is 3.21. The fourth-order valence-corrected chi connectivity index (χ4v) is 3.90. The molecule has 3 heterocycles. The Kier molecular flexibility index (Phi) is 6.47. The number of pyridine rings is 1. The van der Waals surface area contributed by atoms with Crippen LogP contribution in [0.2, 0.25) is 0 Å². The zero-order valence-electron chi connectivity index (χ0n) is 17.9. The monoisotopic (exact) mass is 431 g/mol. The Morgan fingerprint density at radius 1 is 1.31 bits per heavy atom. The van der Waals surface area contributed by atoms with E-state index in [1.807, 2.05) is 6.92 Å². The highest BCUT2D eigenvalue weighted by Gasteiger charge is 2.16. The zero-order valence-corrected chi connectivity index (χ0v) is 17.9. The Bertz CT molecular complexity index is 1200. The van der Waals surface area contributed by atoms with Gasteiger partial charge in [-0.25, -0.2) is 9.67 Å². The fraction of sp³-hybridized carbons (Fsp3) is 0.333. The summed E-state index contributed by atoms with van der Waals surface area (Å²) < 4.78 is 7.01. The largest absolute Gasteiger partial charge is 0.378 e. The van der Waals surface area contributed by atoms with E-state index in [-0.39, 0.29) is 17.6 Å². The van der Waals surface area contributed by atoms with Crippen LogP contribution in [0.25, 0.3) is 16.9 Å². The first-order chi connectivity index (χ1) is 15.6. The van der Waals surface area contributed by atoms with E-state index in [9.17, 15) is 9.59 Å². The van der Waals surface area contributed by atoms with Gasteiger partial charge in [-0.15, -0.1) is 0 Å². The summed E-state index contributed by atoms with van der Waals surface area (Å²) in [4.78, 5) is 29.6. The highest BCUT2D eigenvalue weighted by molar-refractivity contribution is 5.93. The number of hydrogen-bond donors (Lipinski definition) is 2. The lowest BCUT2D eigenvalue weighted by molar-refractivity contribution is 0.0117. The molecule has 1 unspecified atom stereocenters. The minimum absolute atomic E-state index is 0.201. The molecular formula is C24H25N5O3. The maximum atomic E-state index is 12.9. The molecule has 32 heavy (non-hydrogen) atoms. The number of H-pyrrole nitrogens is 1. The number of rotatable bonds is 6. The topological polar surface area (TPSA) is 113 Å². The van der Waals surface area contributed by atoms with E-state index in [1.54, 1.807) is 36.5 Å². The normalized spacial score (nSPS) is 15.8. The average molecular weight is 431 g/mol. The molecule has 1 aromatic carbocycles. The standard InChI is InChI=1S/C24H25N5O3/c1-16-12-17(13-25)5-7-20(16)21-15-28-29(24(21)31)22-8-6-18(14-27-22)23(30)26-10-9-19-4-2-3-11-32-19/h5-8,12,14-15,19,28H,2-4,9-11H2,1H3,(H,26,30). The number of nitriles is 1. The van der Waals surface area contributed by atoms with Crippen LogP contribution >= 0.6 is 0 Å². The van der Waals surface area contributed by atoms with Crippen LogP contribution in [0, 0.1) is 18.3 Å². The van der Waals surface area contributed by atoms with Gasteiger partial charge in [0.25, 0.3) is 11.5 Å².